The van der Waals surface area contributed by atoms with Crippen molar-refractivity contribution in [1.29, 1.82) is 0 Å². The van der Waals surface area contributed by atoms with Crippen molar-refractivity contribution in [3.63, 3.8) is 0 Å². The van der Waals surface area contributed by atoms with Gasteiger partial charge < -0.3 is 10.4 Å². The molecule has 1 atom stereocenters. The summed E-state index contributed by atoms with van der Waals surface area (Å²) >= 11 is 0. The molecule has 0 aromatic heterocycles. The van der Waals surface area contributed by atoms with Crippen LogP contribution in [0.5, 0.6) is 0 Å². The minimum absolute atomic E-state index is 0.139. The molecule has 0 saturated heterocycles. The predicted octanol–water partition coefficient (Wildman–Crippen LogP) is 1.29. The minimum Gasteiger partial charge on any atom is -0.481 e. The Balaban J connectivity index is 2.12. The molecule has 2 N–H and O–H groups in total. The lowest BCUT2D eigenvalue weighted by Crippen LogP contribution is -2.54. The molecule has 1 aromatic carbocycles. The van der Waals surface area contributed by atoms with Crippen molar-refractivity contribution in [1.82, 2.24) is 10.2 Å². The van der Waals surface area contributed by atoms with Crippen LogP contribution in [0.3, 0.4) is 0 Å². The van der Waals surface area contributed by atoms with E-state index in [-0.39, 0.29) is 23.5 Å². The lowest BCUT2D eigenvalue weighted by atomic mass is 9.85. The lowest BCUT2D eigenvalue weighted by Gasteiger charge is -2.34. The number of carbonyl (C=O) groups is 4. The van der Waals surface area contributed by atoms with E-state index in [0.717, 1.165) is 4.90 Å². The van der Waals surface area contributed by atoms with E-state index in [4.69, 9.17) is 5.11 Å². The molecule has 0 saturated carbocycles. The summed E-state index contributed by atoms with van der Waals surface area (Å²) < 4.78 is 0. The third-order valence-corrected chi connectivity index (χ3v) is 4.40. The average Bonchev–Trinajstić information content (AvgIpc) is 2.72. The highest BCUT2D eigenvalue weighted by molar-refractivity contribution is 6.22. The van der Waals surface area contributed by atoms with Crippen LogP contribution >= 0.6 is 0 Å². The number of amides is 3. The summed E-state index contributed by atoms with van der Waals surface area (Å²) in [7, 11) is 0. The number of hydrogen-bond acceptors (Lipinski definition) is 4. The molecular weight excluding hydrogens is 312 g/mol. The van der Waals surface area contributed by atoms with Gasteiger partial charge in [0, 0.05) is 0 Å². The Morgan fingerprint density at radius 2 is 1.67 bits per heavy atom. The van der Waals surface area contributed by atoms with E-state index < -0.39 is 35.8 Å². The summed E-state index contributed by atoms with van der Waals surface area (Å²) in [6.45, 7) is 4.79. The Kier molecular flexibility index (Phi) is 4.73. The van der Waals surface area contributed by atoms with Crippen molar-refractivity contribution in [2.45, 2.75) is 32.7 Å². The van der Waals surface area contributed by atoms with E-state index >= 15 is 0 Å². The maximum atomic E-state index is 12.3. The SMILES string of the molecule is CC(C)C(C)(CC(=O)O)NC(=O)CN1C(=O)c2ccccc2C1=O. The van der Waals surface area contributed by atoms with E-state index in [0.29, 0.717) is 0 Å². The zero-order chi connectivity index (χ0) is 18.1. The molecule has 128 valence electrons. The monoisotopic (exact) mass is 332 g/mol. The number of carbonyl (C=O) groups excluding carboxylic acids is 3. The molecule has 0 aliphatic carbocycles. The zero-order valence-electron chi connectivity index (χ0n) is 13.8. The molecule has 1 aromatic rings. The zero-order valence-corrected chi connectivity index (χ0v) is 13.8. The van der Waals surface area contributed by atoms with Gasteiger partial charge in [-0.05, 0) is 25.0 Å². The van der Waals surface area contributed by atoms with Crippen molar-refractivity contribution in [2.75, 3.05) is 6.54 Å². The number of imide groups is 1. The van der Waals surface area contributed by atoms with Crippen LogP contribution in [0.2, 0.25) is 0 Å². The van der Waals surface area contributed by atoms with Gasteiger partial charge in [-0.25, -0.2) is 0 Å². The third-order valence-electron chi connectivity index (χ3n) is 4.40. The normalized spacial score (nSPS) is 16.1. The van der Waals surface area contributed by atoms with Crippen molar-refractivity contribution in [3.8, 4) is 0 Å². The first-order valence-electron chi connectivity index (χ1n) is 7.63. The number of fused-ring (bicyclic) bond motifs is 1. The smallest absolute Gasteiger partial charge is 0.305 e. The first-order chi connectivity index (χ1) is 11.2. The van der Waals surface area contributed by atoms with Crippen LogP contribution in [0, 0.1) is 5.92 Å². The second-order valence-electron chi connectivity index (χ2n) is 6.43. The van der Waals surface area contributed by atoms with Gasteiger partial charge in [0.2, 0.25) is 5.91 Å². The number of carboxylic acids is 1. The van der Waals surface area contributed by atoms with Crippen molar-refractivity contribution >= 4 is 23.7 Å². The number of carboxylic acid groups (broad SMARTS) is 1. The van der Waals surface area contributed by atoms with E-state index in [1.165, 1.54) is 12.1 Å². The fourth-order valence-electron chi connectivity index (χ4n) is 2.59. The van der Waals surface area contributed by atoms with E-state index in [1.54, 1.807) is 32.9 Å². The van der Waals surface area contributed by atoms with Crippen LogP contribution < -0.4 is 5.32 Å². The fraction of sp³-hybridized carbons (Fsp3) is 0.412. The summed E-state index contributed by atoms with van der Waals surface area (Å²) in [5.41, 5.74) is -0.429. The Hall–Kier alpha value is -2.70. The number of rotatable bonds is 6. The molecule has 1 heterocycles. The number of aliphatic carboxylic acids is 1. The first-order valence-corrected chi connectivity index (χ1v) is 7.63. The highest BCUT2D eigenvalue weighted by Crippen LogP contribution is 2.23. The van der Waals surface area contributed by atoms with E-state index in [1.807, 2.05) is 0 Å². The second kappa shape index (κ2) is 6.43. The fourth-order valence-corrected chi connectivity index (χ4v) is 2.59. The third kappa shape index (κ3) is 3.29. The van der Waals surface area contributed by atoms with Gasteiger partial charge >= 0.3 is 5.97 Å². The van der Waals surface area contributed by atoms with Gasteiger partial charge in [-0.3, -0.25) is 24.1 Å². The first kappa shape index (κ1) is 17.7. The standard InChI is InChI=1S/C17H20N2O5/c1-10(2)17(3,8-14(21)22)18-13(20)9-19-15(23)11-6-4-5-7-12(11)16(19)24/h4-7,10H,8-9H2,1-3H3,(H,18,20)(H,21,22). The van der Waals surface area contributed by atoms with Crippen LogP contribution in [0.15, 0.2) is 24.3 Å². The number of hydrogen-bond donors (Lipinski definition) is 2. The molecule has 7 heteroatoms. The van der Waals surface area contributed by atoms with Crippen LogP contribution in [-0.4, -0.2) is 45.8 Å². The molecule has 1 aliphatic heterocycles. The highest BCUT2D eigenvalue weighted by atomic mass is 16.4. The quantitative estimate of drug-likeness (QED) is 0.764. The number of nitrogens with zero attached hydrogens (tertiary/aromatic N) is 1. The molecule has 7 nitrogen and oxygen atoms in total. The summed E-state index contributed by atoms with van der Waals surface area (Å²) in [5, 5.41) is 11.7. The molecule has 2 rings (SSSR count). The molecule has 0 radical (unpaired) electrons. The highest BCUT2D eigenvalue weighted by Gasteiger charge is 2.38. The van der Waals surface area contributed by atoms with Gasteiger partial charge in [0.25, 0.3) is 11.8 Å². The van der Waals surface area contributed by atoms with E-state index in [9.17, 15) is 19.2 Å². The molecule has 24 heavy (non-hydrogen) atoms. The number of nitrogens with one attached hydrogen (secondary N) is 1. The predicted molar refractivity (Wildman–Crippen MR) is 85.4 cm³/mol. The molecule has 0 fully saturated rings. The Morgan fingerprint density at radius 3 is 2.08 bits per heavy atom. The average molecular weight is 332 g/mol. The van der Waals surface area contributed by atoms with Crippen molar-refractivity contribution < 1.29 is 24.3 Å². The van der Waals surface area contributed by atoms with Crippen LogP contribution in [-0.2, 0) is 9.59 Å². The molecule has 0 bridgehead atoms. The van der Waals surface area contributed by atoms with Gasteiger partial charge in [0.05, 0.1) is 23.1 Å². The number of benzene rings is 1. The molecule has 1 aliphatic rings. The summed E-state index contributed by atoms with van der Waals surface area (Å²) in [5.74, 6) is -2.78. The maximum absolute atomic E-state index is 12.3. The molecule has 3 amide bonds. The van der Waals surface area contributed by atoms with Gasteiger partial charge in [-0.2, -0.15) is 0 Å². The topological polar surface area (TPSA) is 104 Å². The van der Waals surface area contributed by atoms with E-state index in [2.05, 4.69) is 5.32 Å². The van der Waals surface area contributed by atoms with Crippen LogP contribution in [0.1, 0.15) is 47.9 Å². The summed E-state index contributed by atoms with van der Waals surface area (Å²) in [4.78, 5) is 48.7. The molecule has 0 spiro atoms. The van der Waals surface area contributed by atoms with Crippen molar-refractivity contribution in [2.24, 2.45) is 5.92 Å². The lowest BCUT2D eigenvalue weighted by molar-refractivity contribution is -0.139. The van der Waals surface area contributed by atoms with Crippen LogP contribution in [0.25, 0.3) is 0 Å². The Bertz CT molecular complexity index is 678. The maximum Gasteiger partial charge on any atom is 0.305 e. The van der Waals surface area contributed by atoms with Gasteiger partial charge in [0.15, 0.2) is 0 Å². The summed E-state index contributed by atoms with van der Waals surface area (Å²) in [6.07, 6.45) is -0.251. The summed E-state index contributed by atoms with van der Waals surface area (Å²) in [6, 6.07) is 6.37. The minimum atomic E-state index is -1.03. The van der Waals surface area contributed by atoms with Gasteiger partial charge in [-0.15, -0.1) is 0 Å². The second-order valence-corrected chi connectivity index (χ2v) is 6.43. The Morgan fingerprint density at radius 1 is 1.17 bits per heavy atom. The largest absolute Gasteiger partial charge is 0.481 e. The van der Waals surface area contributed by atoms with Crippen molar-refractivity contribution in [3.05, 3.63) is 35.4 Å². The Labute approximate surface area is 139 Å². The van der Waals surface area contributed by atoms with Gasteiger partial charge in [0.1, 0.15) is 6.54 Å². The van der Waals surface area contributed by atoms with Crippen LogP contribution in [0.4, 0.5) is 0 Å². The van der Waals surface area contributed by atoms with Gasteiger partial charge in [-0.1, -0.05) is 26.0 Å². The molecular formula is C17H20N2O5. The molecule has 1 unspecified atom stereocenters.